The standard InChI is InChI=1S/C21H25F3N4O3S/c22-21(23,24)15-6-7-17(28-8-10-30-11-9-28)16(12-15)25-18(29)13-32-20-27-26-19(31-20)14-4-2-1-3-5-14/h6-7,12,14H,1-5,8-11,13H2,(H,25,29). The highest BCUT2D eigenvalue weighted by atomic mass is 32.2. The molecule has 32 heavy (non-hydrogen) atoms. The van der Waals surface area contributed by atoms with Crippen molar-refractivity contribution in [2.24, 2.45) is 0 Å². The first-order chi connectivity index (χ1) is 15.4. The molecule has 1 aromatic carbocycles. The van der Waals surface area contributed by atoms with E-state index in [2.05, 4.69) is 15.5 Å². The largest absolute Gasteiger partial charge is 0.416 e. The normalized spacial score (nSPS) is 18.0. The molecule has 7 nitrogen and oxygen atoms in total. The highest BCUT2D eigenvalue weighted by Crippen LogP contribution is 2.36. The number of ether oxygens (including phenoxy) is 1. The van der Waals surface area contributed by atoms with Gasteiger partial charge in [-0.15, -0.1) is 10.2 Å². The zero-order valence-corrected chi connectivity index (χ0v) is 18.3. The minimum Gasteiger partial charge on any atom is -0.416 e. The molecule has 4 rings (SSSR count). The molecule has 174 valence electrons. The molecular weight excluding hydrogens is 445 g/mol. The summed E-state index contributed by atoms with van der Waals surface area (Å²) in [5.41, 5.74) is -0.149. The number of amides is 1. The Morgan fingerprint density at radius 2 is 1.91 bits per heavy atom. The van der Waals surface area contributed by atoms with Crippen molar-refractivity contribution < 1.29 is 27.1 Å². The quantitative estimate of drug-likeness (QED) is 0.613. The van der Waals surface area contributed by atoms with Crippen LogP contribution in [0.4, 0.5) is 24.5 Å². The zero-order chi connectivity index (χ0) is 22.6. The van der Waals surface area contributed by atoms with Gasteiger partial charge in [0.25, 0.3) is 5.22 Å². The second-order valence-electron chi connectivity index (χ2n) is 7.91. The maximum absolute atomic E-state index is 13.2. The van der Waals surface area contributed by atoms with Crippen molar-refractivity contribution in [1.82, 2.24) is 10.2 Å². The Hall–Kier alpha value is -2.27. The minimum atomic E-state index is -4.50. The molecule has 0 bridgehead atoms. The van der Waals surface area contributed by atoms with Crippen LogP contribution in [0.5, 0.6) is 0 Å². The molecule has 1 saturated carbocycles. The van der Waals surface area contributed by atoms with Crippen molar-refractivity contribution in [2.45, 2.75) is 49.4 Å². The van der Waals surface area contributed by atoms with Crippen molar-refractivity contribution in [3.8, 4) is 0 Å². The maximum Gasteiger partial charge on any atom is 0.416 e. The van der Waals surface area contributed by atoms with E-state index in [0.29, 0.717) is 37.9 Å². The first-order valence-electron chi connectivity index (χ1n) is 10.7. The van der Waals surface area contributed by atoms with Gasteiger partial charge in [0, 0.05) is 19.0 Å². The number of alkyl halides is 3. The summed E-state index contributed by atoms with van der Waals surface area (Å²) >= 11 is 1.08. The fraction of sp³-hybridized carbons (Fsp3) is 0.571. The molecule has 2 aromatic rings. The Kier molecular flexibility index (Phi) is 7.24. The average molecular weight is 471 g/mol. The van der Waals surface area contributed by atoms with Crippen molar-refractivity contribution in [3.63, 3.8) is 0 Å². The lowest BCUT2D eigenvalue weighted by Gasteiger charge is -2.31. The molecule has 1 aliphatic carbocycles. The van der Waals surface area contributed by atoms with Crippen molar-refractivity contribution >= 4 is 29.0 Å². The lowest BCUT2D eigenvalue weighted by atomic mass is 9.89. The molecule has 0 unspecified atom stereocenters. The van der Waals surface area contributed by atoms with E-state index in [4.69, 9.17) is 9.15 Å². The van der Waals surface area contributed by atoms with Crippen molar-refractivity contribution in [3.05, 3.63) is 29.7 Å². The topological polar surface area (TPSA) is 80.5 Å². The summed E-state index contributed by atoms with van der Waals surface area (Å²) in [6, 6.07) is 3.40. The number of halogens is 3. The van der Waals surface area contributed by atoms with Crippen LogP contribution in [0.15, 0.2) is 27.8 Å². The van der Waals surface area contributed by atoms with Gasteiger partial charge in [-0.25, -0.2) is 0 Å². The molecule has 1 aromatic heterocycles. The van der Waals surface area contributed by atoms with Crippen molar-refractivity contribution in [1.29, 1.82) is 0 Å². The first kappa shape index (κ1) is 22.9. The molecule has 0 spiro atoms. The van der Waals surface area contributed by atoms with Crippen molar-refractivity contribution in [2.75, 3.05) is 42.3 Å². The predicted molar refractivity (Wildman–Crippen MR) is 114 cm³/mol. The number of aromatic nitrogens is 2. The van der Waals surface area contributed by atoms with E-state index >= 15 is 0 Å². The van der Waals surface area contributed by atoms with Gasteiger partial charge in [-0.1, -0.05) is 31.0 Å². The summed E-state index contributed by atoms with van der Waals surface area (Å²) in [4.78, 5) is 14.4. The number of morpholine rings is 1. The van der Waals surface area contributed by atoms with Crippen LogP contribution in [-0.4, -0.2) is 48.2 Å². The van der Waals surface area contributed by atoms with E-state index in [1.54, 1.807) is 0 Å². The van der Waals surface area contributed by atoms with Crippen LogP contribution in [0.25, 0.3) is 0 Å². The van der Waals surface area contributed by atoms with Crippen LogP contribution >= 0.6 is 11.8 Å². The summed E-state index contributed by atoms with van der Waals surface area (Å²) in [6.07, 6.45) is 1.03. The summed E-state index contributed by atoms with van der Waals surface area (Å²) < 4.78 is 50.7. The molecule has 1 N–H and O–H groups in total. The molecule has 2 heterocycles. The first-order valence-corrected chi connectivity index (χ1v) is 11.7. The zero-order valence-electron chi connectivity index (χ0n) is 17.5. The van der Waals surface area contributed by atoms with Gasteiger partial charge in [-0.05, 0) is 31.0 Å². The Morgan fingerprint density at radius 3 is 2.62 bits per heavy atom. The third kappa shape index (κ3) is 5.74. The number of hydrogen-bond acceptors (Lipinski definition) is 7. The van der Waals surface area contributed by atoms with Gasteiger partial charge in [0.1, 0.15) is 0 Å². The number of anilines is 2. The second-order valence-corrected chi connectivity index (χ2v) is 8.83. The Balaban J connectivity index is 1.42. The van der Waals surface area contributed by atoms with E-state index in [9.17, 15) is 18.0 Å². The number of benzene rings is 1. The van der Waals surface area contributed by atoms with Gasteiger partial charge >= 0.3 is 6.18 Å². The van der Waals surface area contributed by atoms with Crippen LogP contribution in [0.2, 0.25) is 0 Å². The number of nitrogens with one attached hydrogen (secondary N) is 1. The third-order valence-corrected chi connectivity index (χ3v) is 6.47. The second kappa shape index (κ2) is 10.1. The predicted octanol–water partition coefficient (Wildman–Crippen LogP) is 4.70. The smallest absolute Gasteiger partial charge is 0.416 e. The molecule has 11 heteroatoms. The monoisotopic (exact) mass is 470 g/mol. The van der Waals surface area contributed by atoms with Crippen LogP contribution in [-0.2, 0) is 15.7 Å². The molecule has 1 amide bonds. The van der Waals surface area contributed by atoms with Gasteiger partial charge < -0.3 is 19.4 Å². The number of hydrogen-bond donors (Lipinski definition) is 1. The van der Waals surface area contributed by atoms with E-state index < -0.39 is 17.6 Å². The summed E-state index contributed by atoms with van der Waals surface area (Å²) in [6.45, 7) is 2.03. The molecule has 2 aliphatic rings. The number of thioether (sulfide) groups is 1. The highest BCUT2D eigenvalue weighted by molar-refractivity contribution is 7.99. The lowest BCUT2D eigenvalue weighted by Crippen LogP contribution is -2.37. The molecular formula is C21H25F3N4O3S. The number of rotatable bonds is 6. The third-order valence-electron chi connectivity index (χ3n) is 5.65. The van der Waals surface area contributed by atoms with Gasteiger partial charge in [0.05, 0.1) is 35.9 Å². The Labute approximate surface area is 188 Å². The molecule has 1 saturated heterocycles. The summed E-state index contributed by atoms with van der Waals surface area (Å²) in [7, 11) is 0. The van der Waals surface area contributed by atoms with E-state index in [0.717, 1.165) is 49.6 Å². The summed E-state index contributed by atoms with van der Waals surface area (Å²) in [5, 5.41) is 11.0. The van der Waals surface area contributed by atoms with Crippen LogP contribution in [0.3, 0.4) is 0 Å². The average Bonchev–Trinajstić information content (AvgIpc) is 3.27. The Morgan fingerprint density at radius 1 is 1.16 bits per heavy atom. The molecule has 0 atom stereocenters. The van der Waals surface area contributed by atoms with E-state index in [1.165, 1.54) is 12.5 Å². The molecule has 0 radical (unpaired) electrons. The maximum atomic E-state index is 13.2. The van der Waals surface area contributed by atoms with Gasteiger partial charge in [0.15, 0.2) is 0 Å². The van der Waals surface area contributed by atoms with E-state index in [1.807, 2.05) is 4.90 Å². The highest BCUT2D eigenvalue weighted by Gasteiger charge is 2.32. The minimum absolute atomic E-state index is 0.0505. The number of carbonyl (C=O) groups is 1. The molecule has 1 aliphatic heterocycles. The Bertz CT molecular complexity index is 925. The summed E-state index contributed by atoms with van der Waals surface area (Å²) in [5.74, 6) is 0.368. The van der Waals surface area contributed by atoms with Gasteiger partial charge in [-0.3, -0.25) is 4.79 Å². The van der Waals surface area contributed by atoms with Crippen LogP contribution < -0.4 is 10.2 Å². The van der Waals surface area contributed by atoms with Gasteiger partial charge in [0.2, 0.25) is 11.8 Å². The number of carbonyl (C=O) groups excluding carboxylic acids is 1. The fourth-order valence-electron chi connectivity index (χ4n) is 4.00. The fourth-order valence-corrected chi connectivity index (χ4v) is 4.57. The lowest BCUT2D eigenvalue weighted by molar-refractivity contribution is -0.137. The SMILES string of the molecule is O=C(CSc1nnc(C2CCCCC2)o1)Nc1cc(C(F)(F)F)ccc1N1CCOCC1. The molecule has 2 fully saturated rings. The number of nitrogens with zero attached hydrogens (tertiary/aromatic N) is 3. The van der Waals surface area contributed by atoms with Crippen LogP contribution in [0, 0.1) is 0 Å². The van der Waals surface area contributed by atoms with Crippen LogP contribution in [0.1, 0.15) is 49.5 Å². The van der Waals surface area contributed by atoms with E-state index in [-0.39, 0.29) is 22.6 Å². The van der Waals surface area contributed by atoms with Gasteiger partial charge in [-0.2, -0.15) is 13.2 Å².